The molecule has 1 aromatic rings. The van der Waals surface area contributed by atoms with Crippen molar-refractivity contribution in [3.8, 4) is 0 Å². The van der Waals surface area contributed by atoms with Gasteiger partial charge in [0.15, 0.2) is 0 Å². The van der Waals surface area contributed by atoms with Crippen LogP contribution in [-0.2, 0) is 11.3 Å². The molecule has 0 aliphatic carbocycles. The number of rotatable bonds is 6. The minimum atomic E-state index is -3.02. The molecule has 1 fully saturated rings. The summed E-state index contributed by atoms with van der Waals surface area (Å²) >= 11 is 0. The summed E-state index contributed by atoms with van der Waals surface area (Å²) in [5, 5.41) is 12.1. The van der Waals surface area contributed by atoms with Crippen LogP contribution >= 0.6 is 0 Å². The van der Waals surface area contributed by atoms with Gasteiger partial charge in [0, 0.05) is 31.7 Å². The molecule has 128 valence electrons. The van der Waals surface area contributed by atoms with Gasteiger partial charge in [-0.1, -0.05) is 30.3 Å². The second-order valence-corrected chi connectivity index (χ2v) is 6.37. The molecule has 0 saturated carbocycles. The maximum absolute atomic E-state index is 12.9. The van der Waals surface area contributed by atoms with Crippen LogP contribution < -0.4 is 5.32 Å². The summed E-state index contributed by atoms with van der Waals surface area (Å²) in [7, 11) is 0. The summed E-state index contributed by atoms with van der Waals surface area (Å²) < 4.78 is 25.9. The van der Waals surface area contributed by atoms with Crippen molar-refractivity contribution in [2.75, 3.05) is 19.7 Å². The Labute approximate surface area is 135 Å². The summed E-state index contributed by atoms with van der Waals surface area (Å²) in [6.45, 7) is 2.80. The highest BCUT2D eigenvalue weighted by Crippen LogP contribution is 2.21. The van der Waals surface area contributed by atoms with Gasteiger partial charge in [-0.15, -0.1) is 0 Å². The van der Waals surface area contributed by atoms with E-state index in [-0.39, 0.29) is 18.6 Å². The number of aliphatic hydroxyl groups excluding tert-OH is 1. The summed E-state index contributed by atoms with van der Waals surface area (Å²) in [6.07, 6.45) is -0.0862. The molecule has 0 bridgehead atoms. The lowest BCUT2D eigenvalue weighted by Gasteiger charge is -2.38. The average Bonchev–Trinajstić information content (AvgIpc) is 2.46. The highest BCUT2D eigenvalue weighted by Gasteiger charge is 2.32. The van der Waals surface area contributed by atoms with Gasteiger partial charge in [0.05, 0.1) is 6.42 Å². The van der Waals surface area contributed by atoms with E-state index in [0.717, 1.165) is 26.4 Å². The Kier molecular flexibility index (Phi) is 6.07. The predicted molar refractivity (Wildman–Crippen MR) is 84.1 cm³/mol. The summed E-state index contributed by atoms with van der Waals surface area (Å²) in [5.41, 5.74) is 1.17. The van der Waals surface area contributed by atoms with Crippen LogP contribution in [0.1, 0.15) is 25.3 Å². The molecule has 0 spiro atoms. The Morgan fingerprint density at radius 3 is 2.70 bits per heavy atom. The lowest BCUT2D eigenvalue weighted by molar-refractivity contribution is -0.129. The zero-order chi connectivity index (χ0) is 16.9. The van der Waals surface area contributed by atoms with Crippen LogP contribution in [0.15, 0.2) is 30.3 Å². The van der Waals surface area contributed by atoms with Crippen molar-refractivity contribution in [2.45, 2.75) is 38.3 Å². The van der Waals surface area contributed by atoms with Gasteiger partial charge in [0.25, 0.3) is 5.92 Å². The van der Waals surface area contributed by atoms with E-state index in [2.05, 4.69) is 10.2 Å². The van der Waals surface area contributed by atoms with Crippen LogP contribution in [0.25, 0.3) is 0 Å². The molecular formula is C17H24F2N2O2. The van der Waals surface area contributed by atoms with Crippen LogP contribution in [-0.4, -0.2) is 47.6 Å². The first-order valence-corrected chi connectivity index (χ1v) is 7.92. The second-order valence-electron chi connectivity index (χ2n) is 6.37. The molecule has 2 N–H and O–H groups in total. The van der Waals surface area contributed by atoms with Gasteiger partial charge in [0.1, 0.15) is 0 Å². The van der Waals surface area contributed by atoms with Crippen molar-refractivity contribution >= 4 is 5.91 Å². The molecule has 1 amide bonds. The number of hydrogen-bond donors (Lipinski definition) is 2. The van der Waals surface area contributed by atoms with Crippen molar-refractivity contribution in [3.05, 3.63) is 35.9 Å². The normalized spacial score (nSPS) is 22.8. The Balaban J connectivity index is 1.94. The highest BCUT2D eigenvalue weighted by atomic mass is 19.3. The highest BCUT2D eigenvalue weighted by molar-refractivity contribution is 5.77. The first kappa shape index (κ1) is 17.8. The fraction of sp³-hybridized carbons (Fsp3) is 0.588. The number of likely N-dealkylation sites (tertiary alicyclic amines) is 1. The number of halogens is 2. The number of benzene rings is 1. The zero-order valence-corrected chi connectivity index (χ0v) is 13.3. The van der Waals surface area contributed by atoms with Crippen molar-refractivity contribution in [1.29, 1.82) is 0 Å². The summed E-state index contributed by atoms with van der Waals surface area (Å²) in [6, 6.07) is 9.66. The molecule has 1 aliphatic heterocycles. The third-order valence-corrected chi connectivity index (χ3v) is 4.14. The van der Waals surface area contributed by atoms with E-state index in [9.17, 15) is 18.7 Å². The summed E-state index contributed by atoms with van der Waals surface area (Å²) in [5.74, 6) is -3.77. The number of aliphatic hydroxyl groups is 1. The number of nitrogens with zero attached hydrogens (tertiary/aromatic N) is 1. The number of hydrogen-bond acceptors (Lipinski definition) is 3. The van der Waals surface area contributed by atoms with Crippen LogP contribution in [0, 0.1) is 5.92 Å². The fourth-order valence-corrected chi connectivity index (χ4v) is 2.98. The van der Waals surface area contributed by atoms with E-state index in [1.807, 2.05) is 30.3 Å². The number of amides is 1. The molecule has 4 nitrogen and oxygen atoms in total. The van der Waals surface area contributed by atoms with Crippen LogP contribution in [0.5, 0.6) is 0 Å². The second kappa shape index (κ2) is 7.84. The third-order valence-electron chi connectivity index (χ3n) is 4.14. The van der Waals surface area contributed by atoms with E-state index >= 15 is 0 Å². The molecule has 0 aromatic heterocycles. The Morgan fingerprint density at radius 1 is 1.39 bits per heavy atom. The van der Waals surface area contributed by atoms with E-state index in [1.54, 1.807) is 0 Å². The number of carbonyl (C=O) groups excluding carboxylic acids is 1. The first-order chi connectivity index (χ1) is 10.9. The Morgan fingerprint density at radius 2 is 2.09 bits per heavy atom. The van der Waals surface area contributed by atoms with Crippen molar-refractivity contribution in [1.82, 2.24) is 10.2 Å². The Bertz CT molecular complexity index is 505. The molecule has 2 rings (SSSR count). The fourth-order valence-electron chi connectivity index (χ4n) is 2.98. The monoisotopic (exact) mass is 326 g/mol. The van der Waals surface area contributed by atoms with E-state index in [1.165, 1.54) is 5.56 Å². The van der Waals surface area contributed by atoms with Gasteiger partial charge in [0.2, 0.25) is 5.91 Å². The van der Waals surface area contributed by atoms with Gasteiger partial charge < -0.3 is 10.4 Å². The first-order valence-electron chi connectivity index (χ1n) is 7.92. The number of carbonyl (C=O) groups is 1. The standard InChI is InChI=1S/C17H24F2N2O2/c1-17(18,19)9-16(23)20-15-11-21(8-7-14(15)12-22)10-13-5-3-2-4-6-13/h2-6,14-15,22H,7-12H2,1H3,(H,20,23)/t14-,15-/m1/s1. The predicted octanol–water partition coefficient (Wildman–Crippen LogP) is 2.03. The lowest BCUT2D eigenvalue weighted by atomic mass is 9.91. The topological polar surface area (TPSA) is 52.6 Å². The van der Waals surface area contributed by atoms with Gasteiger partial charge in [-0.05, 0) is 25.5 Å². The van der Waals surface area contributed by atoms with Crippen molar-refractivity contribution in [3.63, 3.8) is 0 Å². The molecule has 1 heterocycles. The number of piperidine rings is 1. The molecule has 1 aromatic carbocycles. The average molecular weight is 326 g/mol. The lowest BCUT2D eigenvalue weighted by Crippen LogP contribution is -2.53. The van der Waals surface area contributed by atoms with Gasteiger partial charge >= 0.3 is 0 Å². The maximum Gasteiger partial charge on any atom is 0.254 e. The number of nitrogens with one attached hydrogen (secondary N) is 1. The van der Waals surface area contributed by atoms with Gasteiger partial charge in [-0.25, -0.2) is 8.78 Å². The molecule has 23 heavy (non-hydrogen) atoms. The molecule has 1 saturated heterocycles. The SMILES string of the molecule is CC(F)(F)CC(=O)N[C@@H]1CN(Cc2ccccc2)CC[C@@H]1CO. The minimum absolute atomic E-state index is 0.0490. The molecule has 2 atom stereocenters. The molecular weight excluding hydrogens is 302 g/mol. The van der Waals surface area contributed by atoms with Crippen molar-refractivity contribution in [2.24, 2.45) is 5.92 Å². The molecule has 0 radical (unpaired) electrons. The van der Waals surface area contributed by atoms with Crippen LogP contribution in [0.3, 0.4) is 0 Å². The Hall–Kier alpha value is -1.53. The minimum Gasteiger partial charge on any atom is -0.396 e. The maximum atomic E-state index is 12.9. The van der Waals surface area contributed by atoms with Crippen LogP contribution in [0.4, 0.5) is 8.78 Å². The number of alkyl halides is 2. The van der Waals surface area contributed by atoms with E-state index in [0.29, 0.717) is 6.54 Å². The van der Waals surface area contributed by atoms with E-state index in [4.69, 9.17) is 0 Å². The summed E-state index contributed by atoms with van der Waals surface area (Å²) in [4.78, 5) is 13.9. The van der Waals surface area contributed by atoms with E-state index < -0.39 is 18.3 Å². The largest absolute Gasteiger partial charge is 0.396 e. The molecule has 1 aliphatic rings. The molecule has 0 unspecified atom stereocenters. The smallest absolute Gasteiger partial charge is 0.254 e. The van der Waals surface area contributed by atoms with Crippen molar-refractivity contribution < 1.29 is 18.7 Å². The van der Waals surface area contributed by atoms with Crippen LogP contribution in [0.2, 0.25) is 0 Å². The third kappa shape index (κ3) is 5.88. The van der Waals surface area contributed by atoms with Gasteiger partial charge in [-0.2, -0.15) is 0 Å². The molecule has 6 heteroatoms. The quantitative estimate of drug-likeness (QED) is 0.841. The van der Waals surface area contributed by atoms with Gasteiger partial charge in [-0.3, -0.25) is 9.69 Å². The zero-order valence-electron chi connectivity index (χ0n) is 13.3.